The van der Waals surface area contributed by atoms with E-state index in [1.54, 1.807) is 41.5 Å². The molecule has 1 aromatic carbocycles. The molecule has 0 aliphatic heterocycles. The zero-order chi connectivity index (χ0) is 18.5. The molecule has 3 rings (SSSR count). The Hall–Kier alpha value is -3.35. The summed E-state index contributed by atoms with van der Waals surface area (Å²) in [5.74, 6) is -0.776. The predicted molar refractivity (Wildman–Crippen MR) is 96.6 cm³/mol. The minimum absolute atomic E-state index is 0.175. The molecule has 0 radical (unpaired) electrons. The zero-order valence-electron chi connectivity index (χ0n) is 14.6. The summed E-state index contributed by atoms with van der Waals surface area (Å²) in [6.45, 7) is 3.94. The Morgan fingerprint density at radius 3 is 2.50 bits per heavy atom. The molecule has 2 aromatic heterocycles. The number of amides is 2. The van der Waals surface area contributed by atoms with Crippen molar-refractivity contribution in [1.82, 2.24) is 15.1 Å². The maximum Gasteiger partial charge on any atom is 0.313 e. The van der Waals surface area contributed by atoms with Crippen LogP contribution < -0.4 is 10.6 Å². The van der Waals surface area contributed by atoms with Gasteiger partial charge in [0.2, 0.25) is 0 Å². The lowest BCUT2D eigenvalue weighted by atomic mass is 10.1. The van der Waals surface area contributed by atoms with Crippen LogP contribution >= 0.6 is 0 Å². The van der Waals surface area contributed by atoms with Crippen LogP contribution in [0.5, 0.6) is 0 Å². The van der Waals surface area contributed by atoms with Gasteiger partial charge in [0.25, 0.3) is 0 Å². The quantitative estimate of drug-likeness (QED) is 0.690. The first kappa shape index (κ1) is 17.5. The van der Waals surface area contributed by atoms with Gasteiger partial charge < -0.3 is 15.1 Å². The lowest BCUT2D eigenvalue weighted by Gasteiger charge is -2.16. The van der Waals surface area contributed by atoms with E-state index in [2.05, 4.69) is 15.7 Å². The van der Waals surface area contributed by atoms with Crippen molar-refractivity contribution >= 4 is 17.5 Å². The molecule has 0 saturated heterocycles. The van der Waals surface area contributed by atoms with E-state index in [-0.39, 0.29) is 12.6 Å². The largest absolute Gasteiger partial charge is 0.467 e. The van der Waals surface area contributed by atoms with E-state index in [0.29, 0.717) is 11.4 Å². The highest BCUT2D eigenvalue weighted by atomic mass is 16.3. The molecule has 1 atom stereocenters. The number of anilines is 1. The van der Waals surface area contributed by atoms with Crippen molar-refractivity contribution in [2.45, 2.75) is 19.9 Å². The van der Waals surface area contributed by atoms with Crippen LogP contribution in [0.3, 0.4) is 0 Å². The maximum absolute atomic E-state index is 12.2. The number of aromatic nitrogens is 2. The summed E-state index contributed by atoms with van der Waals surface area (Å²) in [4.78, 5) is 24.5. The minimum Gasteiger partial charge on any atom is -0.467 e. The van der Waals surface area contributed by atoms with Crippen LogP contribution in [0.25, 0.3) is 0 Å². The fourth-order valence-corrected chi connectivity index (χ4v) is 2.72. The monoisotopic (exact) mass is 352 g/mol. The molecule has 0 aliphatic carbocycles. The molecule has 3 aromatic rings. The summed E-state index contributed by atoms with van der Waals surface area (Å²) in [7, 11) is 0. The van der Waals surface area contributed by atoms with E-state index in [1.165, 1.54) is 0 Å². The molecule has 2 amide bonds. The third kappa shape index (κ3) is 3.83. The average molecular weight is 352 g/mol. The zero-order valence-corrected chi connectivity index (χ0v) is 14.6. The van der Waals surface area contributed by atoms with Crippen LogP contribution in [0.2, 0.25) is 0 Å². The predicted octanol–water partition coefficient (Wildman–Crippen LogP) is 2.44. The fraction of sp³-hybridized carbons (Fsp3) is 0.211. The third-order valence-corrected chi connectivity index (χ3v) is 4.10. The number of para-hydroxylation sites is 1. The third-order valence-electron chi connectivity index (χ3n) is 4.10. The van der Waals surface area contributed by atoms with E-state index in [1.807, 2.05) is 32.0 Å². The van der Waals surface area contributed by atoms with Crippen molar-refractivity contribution < 1.29 is 14.0 Å². The van der Waals surface area contributed by atoms with Gasteiger partial charge in [-0.15, -0.1) is 0 Å². The number of hydrogen-bond donors (Lipinski definition) is 2. The second-order valence-corrected chi connectivity index (χ2v) is 5.95. The van der Waals surface area contributed by atoms with E-state index in [4.69, 9.17) is 4.42 Å². The molecule has 7 nitrogen and oxygen atoms in total. The number of nitrogens with one attached hydrogen (secondary N) is 2. The van der Waals surface area contributed by atoms with Crippen LogP contribution in [0.15, 0.2) is 59.5 Å². The van der Waals surface area contributed by atoms with Gasteiger partial charge in [0.15, 0.2) is 0 Å². The average Bonchev–Trinajstić information content (AvgIpc) is 3.32. The van der Waals surface area contributed by atoms with Crippen molar-refractivity contribution in [3.05, 3.63) is 71.9 Å². The molecule has 26 heavy (non-hydrogen) atoms. The number of hydrogen-bond acceptors (Lipinski definition) is 4. The Morgan fingerprint density at radius 2 is 1.88 bits per heavy atom. The summed E-state index contributed by atoms with van der Waals surface area (Å²) in [5.41, 5.74) is 2.45. The van der Waals surface area contributed by atoms with Gasteiger partial charge in [-0.2, -0.15) is 5.10 Å². The van der Waals surface area contributed by atoms with Gasteiger partial charge >= 0.3 is 11.8 Å². The Kier molecular flexibility index (Phi) is 5.17. The Labute approximate surface area is 151 Å². The fourth-order valence-electron chi connectivity index (χ4n) is 2.72. The molecule has 0 aliphatic rings. The summed E-state index contributed by atoms with van der Waals surface area (Å²) in [6, 6.07) is 10.7. The summed E-state index contributed by atoms with van der Waals surface area (Å²) < 4.78 is 7.10. The standard InChI is InChI=1S/C19H20N4O3/c1-13-6-3-7-14(2)17(13)22-19(25)18(24)20-12-15(16-8-4-11-26-16)23-10-5-9-21-23/h3-11,15H,12H2,1-2H3,(H,20,24)(H,22,25). The highest BCUT2D eigenvalue weighted by Crippen LogP contribution is 2.19. The molecule has 0 bridgehead atoms. The number of nitrogens with zero attached hydrogens (tertiary/aromatic N) is 2. The molecule has 134 valence electrons. The summed E-state index contributed by atoms with van der Waals surface area (Å²) in [5, 5.41) is 9.51. The first-order valence-corrected chi connectivity index (χ1v) is 8.24. The first-order valence-electron chi connectivity index (χ1n) is 8.24. The lowest BCUT2D eigenvalue weighted by Crippen LogP contribution is -2.39. The Balaban J connectivity index is 1.66. The number of carbonyl (C=O) groups is 2. The van der Waals surface area contributed by atoms with Gasteiger partial charge in [-0.3, -0.25) is 14.3 Å². The molecule has 0 saturated carbocycles. The van der Waals surface area contributed by atoms with Crippen molar-refractivity contribution in [1.29, 1.82) is 0 Å². The van der Waals surface area contributed by atoms with E-state index in [9.17, 15) is 9.59 Å². The van der Waals surface area contributed by atoms with Gasteiger partial charge in [-0.05, 0) is 43.2 Å². The van der Waals surface area contributed by atoms with Gasteiger partial charge in [0.1, 0.15) is 11.8 Å². The van der Waals surface area contributed by atoms with Crippen molar-refractivity contribution in [3.63, 3.8) is 0 Å². The van der Waals surface area contributed by atoms with Crippen molar-refractivity contribution in [2.24, 2.45) is 0 Å². The van der Waals surface area contributed by atoms with Gasteiger partial charge in [0.05, 0.1) is 6.26 Å². The van der Waals surface area contributed by atoms with Gasteiger partial charge in [-0.25, -0.2) is 0 Å². The van der Waals surface area contributed by atoms with Crippen LogP contribution in [-0.2, 0) is 9.59 Å². The van der Waals surface area contributed by atoms with E-state index >= 15 is 0 Å². The van der Waals surface area contributed by atoms with Crippen LogP contribution in [0.1, 0.15) is 22.9 Å². The summed E-state index contributed by atoms with van der Waals surface area (Å²) in [6.07, 6.45) is 4.98. The Bertz CT molecular complexity index is 831. The molecule has 1 unspecified atom stereocenters. The van der Waals surface area contributed by atoms with Crippen molar-refractivity contribution in [3.8, 4) is 0 Å². The normalized spacial score (nSPS) is 11.8. The van der Waals surface area contributed by atoms with Crippen LogP contribution in [-0.4, -0.2) is 28.1 Å². The van der Waals surface area contributed by atoms with E-state index in [0.717, 1.165) is 11.1 Å². The number of furan rings is 1. The Morgan fingerprint density at radius 1 is 1.12 bits per heavy atom. The highest BCUT2D eigenvalue weighted by molar-refractivity contribution is 6.39. The minimum atomic E-state index is -0.712. The SMILES string of the molecule is Cc1cccc(C)c1NC(=O)C(=O)NCC(c1ccco1)n1cccn1. The van der Waals surface area contributed by atoms with Crippen molar-refractivity contribution in [2.75, 3.05) is 11.9 Å². The molecular formula is C19H20N4O3. The topological polar surface area (TPSA) is 89.2 Å². The maximum atomic E-state index is 12.2. The number of aryl methyl sites for hydroxylation is 2. The molecule has 0 fully saturated rings. The number of rotatable bonds is 5. The second-order valence-electron chi connectivity index (χ2n) is 5.95. The summed E-state index contributed by atoms with van der Waals surface area (Å²) >= 11 is 0. The molecular weight excluding hydrogens is 332 g/mol. The molecule has 7 heteroatoms. The number of carbonyl (C=O) groups excluding carboxylic acids is 2. The van der Waals surface area contributed by atoms with Crippen LogP contribution in [0, 0.1) is 13.8 Å². The molecule has 2 N–H and O–H groups in total. The smallest absolute Gasteiger partial charge is 0.313 e. The van der Waals surface area contributed by atoms with Gasteiger partial charge in [0, 0.05) is 24.6 Å². The van der Waals surface area contributed by atoms with E-state index < -0.39 is 11.8 Å². The number of benzene rings is 1. The molecule has 0 spiro atoms. The first-order chi connectivity index (χ1) is 12.6. The molecule has 2 heterocycles. The second kappa shape index (κ2) is 7.69. The van der Waals surface area contributed by atoms with Crippen LogP contribution in [0.4, 0.5) is 5.69 Å². The van der Waals surface area contributed by atoms with Gasteiger partial charge in [-0.1, -0.05) is 18.2 Å². The lowest BCUT2D eigenvalue weighted by molar-refractivity contribution is -0.136. The highest BCUT2D eigenvalue weighted by Gasteiger charge is 2.21.